The van der Waals surface area contributed by atoms with Crippen molar-refractivity contribution in [1.29, 1.82) is 0 Å². The lowest BCUT2D eigenvalue weighted by molar-refractivity contribution is 0.172. The predicted octanol–water partition coefficient (Wildman–Crippen LogP) is 5.17. The van der Waals surface area contributed by atoms with Crippen LogP contribution in [0.25, 0.3) is 0 Å². The van der Waals surface area contributed by atoms with E-state index in [9.17, 15) is 0 Å². The van der Waals surface area contributed by atoms with Crippen molar-refractivity contribution in [2.24, 2.45) is 5.41 Å². The smallest absolute Gasteiger partial charge is 0.261 e. The largest absolute Gasteiger partial charge is 0.407 e. The molecule has 0 saturated heterocycles. The van der Waals surface area contributed by atoms with E-state index in [1.165, 1.54) is 10.4 Å². The molecule has 0 unspecified atom stereocenters. The van der Waals surface area contributed by atoms with Crippen molar-refractivity contribution in [3.63, 3.8) is 0 Å². The number of hydrogen-bond acceptors (Lipinski definition) is 1. The zero-order chi connectivity index (χ0) is 18.6. The molecule has 2 aromatic rings. The van der Waals surface area contributed by atoms with E-state index in [0.29, 0.717) is 0 Å². The molecule has 0 radical (unpaired) electrons. The summed E-state index contributed by atoms with van der Waals surface area (Å²) in [6.07, 6.45) is 2.94. The molecule has 0 N–H and O–H groups in total. The summed E-state index contributed by atoms with van der Waals surface area (Å²) in [6.45, 7) is 16.1. The number of hydrogen-bond donors (Lipinski definition) is 0. The fourth-order valence-electron chi connectivity index (χ4n) is 3.51. The van der Waals surface area contributed by atoms with Gasteiger partial charge < -0.3 is 4.43 Å². The third-order valence-electron chi connectivity index (χ3n) is 4.79. The Morgan fingerprint density at radius 1 is 0.840 bits per heavy atom. The van der Waals surface area contributed by atoms with E-state index >= 15 is 0 Å². The lowest BCUT2D eigenvalue weighted by Crippen LogP contribution is -2.67. The first-order valence-corrected chi connectivity index (χ1v) is 11.0. The van der Waals surface area contributed by atoms with Crippen LogP contribution in [0, 0.1) is 5.41 Å². The van der Waals surface area contributed by atoms with Crippen molar-refractivity contribution < 1.29 is 4.43 Å². The van der Waals surface area contributed by atoms with Crippen LogP contribution in [0.5, 0.6) is 0 Å². The molecule has 0 heterocycles. The molecule has 0 aromatic heterocycles. The van der Waals surface area contributed by atoms with Crippen LogP contribution in [0.2, 0.25) is 5.04 Å². The molecule has 0 aliphatic rings. The first-order valence-electron chi connectivity index (χ1n) is 9.09. The van der Waals surface area contributed by atoms with Crippen LogP contribution in [-0.4, -0.2) is 14.9 Å². The van der Waals surface area contributed by atoms with Gasteiger partial charge in [0.2, 0.25) is 0 Å². The molecule has 0 aliphatic carbocycles. The van der Waals surface area contributed by atoms with Gasteiger partial charge in [-0.25, -0.2) is 0 Å². The van der Waals surface area contributed by atoms with Gasteiger partial charge in [0.15, 0.2) is 0 Å². The molecule has 0 amide bonds. The van der Waals surface area contributed by atoms with Crippen molar-refractivity contribution in [3.05, 3.63) is 73.3 Å². The summed E-state index contributed by atoms with van der Waals surface area (Å²) in [5, 5.41) is 2.70. The minimum absolute atomic E-state index is 0.0277. The van der Waals surface area contributed by atoms with E-state index in [2.05, 4.69) is 102 Å². The molecule has 2 rings (SSSR count). The normalized spacial score (nSPS) is 12.8. The Hall–Kier alpha value is -1.64. The molecule has 1 nitrogen and oxygen atoms in total. The average Bonchev–Trinajstić information content (AvgIpc) is 2.56. The molecule has 2 heteroatoms. The van der Waals surface area contributed by atoms with Gasteiger partial charge in [-0.3, -0.25) is 0 Å². The Kier molecular flexibility index (Phi) is 6.07. The van der Waals surface area contributed by atoms with E-state index in [-0.39, 0.29) is 10.5 Å². The summed E-state index contributed by atoms with van der Waals surface area (Å²) >= 11 is 0. The van der Waals surface area contributed by atoms with Gasteiger partial charge in [-0.15, -0.1) is 6.58 Å². The summed E-state index contributed by atoms with van der Waals surface area (Å²) in [6, 6.07) is 21.6. The summed E-state index contributed by atoms with van der Waals surface area (Å²) in [5.41, 5.74) is 0.0782. The van der Waals surface area contributed by atoms with Gasteiger partial charge >= 0.3 is 0 Å². The Morgan fingerprint density at radius 3 is 1.64 bits per heavy atom. The minimum atomic E-state index is -2.42. The van der Waals surface area contributed by atoms with Crippen molar-refractivity contribution in [3.8, 4) is 0 Å². The molecule has 0 spiro atoms. The second-order valence-electron chi connectivity index (χ2n) is 8.61. The summed E-state index contributed by atoms with van der Waals surface area (Å²) in [4.78, 5) is 0. The third-order valence-corrected chi connectivity index (χ3v) is 9.78. The molecule has 0 aliphatic heterocycles. The van der Waals surface area contributed by atoms with Gasteiger partial charge in [-0.1, -0.05) is 101 Å². The van der Waals surface area contributed by atoms with E-state index in [1.54, 1.807) is 0 Å². The van der Waals surface area contributed by atoms with Crippen LogP contribution in [0.4, 0.5) is 0 Å². The molecular weight excluding hydrogens is 320 g/mol. The molecule has 0 bridgehead atoms. The topological polar surface area (TPSA) is 9.23 Å². The Morgan fingerprint density at radius 2 is 1.28 bits per heavy atom. The fourth-order valence-corrected chi connectivity index (χ4v) is 8.28. The molecular formula is C23H32OSi. The van der Waals surface area contributed by atoms with Crippen LogP contribution in [0.1, 0.15) is 41.0 Å². The minimum Gasteiger partial charge on any atom is -0.407 e. The van der Waals surface area contributed by atoms with Gasteiger partial charge in [0.25, 0.3) is 8.32 Å². The third kappa shape index (κ3) is 4.31. The van der Waals surface area contributed by atoms with E-state index in [0.717, 1.165) is 13.0 Å². The van der Waals surface area contributed by atoms with E-state index in [1.807, 2.05) is 6.08 Å². The Labute approximate surface area is 154 Å². The van der Waals surface area contributed by atoms with E-state index < -0.39 is 8.32 Å². The zero-order valence-electron chi connectivity index (χ0n) is 16.4. The molecule has 0 atom stereocenters. The van der Waals surface area contributed by atoms with Crippen molar-refractivity contribution in [1.82, 2.24) is 0 Å². The lowest BCUT2D eigenvalue weighted by Gasteiger charge is -2.44. The first-order chi connectivity index (χ1) is 11.7. The second-order valence-corrected chi connectivity index (χ2v) is 12.9. The zero-order valence-corrected chi connectivity index (χ0v) is 17.4. The highest BCUT2D eigenvalue weighted by Crippen LogP contribution is 2.38. The number of benzene rings is 2. The summed E-state index contributed by atoms with van der Waals surface area (Å²) in [7, 11) is -2.42. The first kappa shape index (κ1) is 19.7. The molecule has 134 valence electrons. The fraction of sp³-hybridized carbons (Fsp3) is 0.391. The van der Waals surface area contributed by atoms with Crippen LogP contribution >= 0.6 is 0 Å². The molecule has 2 aromatic carbocycles. The highest BCUT2D eigenvalue weighted by Gasteiger charge is 2.50. The predicted molar refractivity (Wildman–Crippen MR) is 112 cm³/mol. The quantitative estimate of drug-likeness (QED) is 0.494. The van der Waals surface area contributed by atoms with Gasteiger partial charge in [0, 0.05) is 6.61 Å². The maximum absolute atomic E-state index is 6.97. The standard InChI is InChI=1S/C23H32OSi/c1-7-18-23(5,6)19-24-25(22(2,3)4,20-14-10-8-11-15-20)21-16-12-9-13-17-21/h7-17H,1,18-19H2,2-6H3. The van der Waals surface area contributed by atoms with Gasteiger partial charge in [-0.05, 0) is 27.2 Å². The van der Waals surface area contributed by atoms with Crippen LogP contribution in [0.15, 0.2) is 73.3 Å². The lowest BCUT2D eigenvalue weighted by atomic mass is 9.91. The summed E-state index contributed by atoms with van der Waals surface area (Å²) in [5.74, 6) is 0. The highest BCUT2D eigenvalue weighted by atomic mass is 28.4. The average molecular weight is 353 g/mol. The maximum Gasteiger partial charge on any atom is 0.261 e. The van der Waals surface area contributed by atoms with Crippen molar-refractivity contribution in [2.75, 3.05) is 6.61 Å². The second kappa shape index (κ2) is 7.71. The number of allylic oxidation sites excluding steroid dienone is 1. The van der Waals surface area contributed by atoms with E-state index in [4.69, 9.17) is 4.43 Å². The van der Waals surface area contributed by atoms with Gasteiger partial charge in [0.1, 0.15) is 0 Å². The summed E-state index contributed by atoms with van der Waals surface area (Å²) < 4.78 is 6.97. The highest BCUT2D eigenvalue weighted by molar-refractivity contribution is 6.99. The SMILES string of the molecule is C=CCC(C)(C)CO[Si](c1ccccc1)(c1ccccc1)C(C)(C)C. The van der Waals surface area contributed by atoms with Crippen LogP contribution in [0.3, 0.4) is 0 Å². The molecule has 25 heavy (non-hydrogen) atoms. The Bertz CT molecular complexity index is 629. The maximum atomic E-state index is 6.97. The Balaban J connectivity index is 2.59. The van der Waals surface area contributed by atoms with Gasteiger partial charge in [0.05, 0.1) is 0 Å². The van der Waals surface area contributed by atoms with Gasteiger partial charge in [-0.2, -0.15) is 0 Å². The monoisotopic (exact) mass is 352 g/mol. The molecule has 0 fully saturated rings. The van der Waals surface area contributed by atoms with Crippen LogP contribution < -0.4 is 10.4 Å². The molecule has 0 saturated carbocycles. The number of rotatable bonds is 7. The van der Waals surface area contributed by atoms with Crippen molar-refractivity contribution in [2.45, 2.75) is 46.1 Å². The van der Waals surface area contributed by atoms with Crippen LogP contribution in [-0.2, 0) is 4.43 Å². The van der Waals surface area contributed by atoms with Crippen molar-refractivity contribution >= 4 is 18.7 Å².